The number of rotatable bonds is 9. The van der Waals surface area contributed by atoms with Gasteiger partial charge in [0, 0.05) is 0 Å². The number of methoxy groups -OCH3 is 1. The Morgan fingerprint density at radius 3 is 2.40 bits per heavy atom. The third-order valence-electron chi connectivity index (χ3n) is 4.50. The fourth-order valence-corrected chi connectivity index (χ4v) is 2.95. The molecule has 3 aromatic carbocycles. The van der Waals surface area contributed by atoms with Crippen molar-refractivity contribution in [1.29, 1.82) is 5.26 Å². The smallest absolute Gasteiger partial charge is 0.387 e. The maximum atomic E-state index is 12.8. The van der Waals surface area contributed by atoms with Gasteiger partial charge < -0.3 is 19.5 Å². The molecule has 9 nitrogen and oxygen atoms in total. The van der Waals surface area contributed by atoms with Crippen LogP contribution in [0.25, 0.3) is 6.08 Å². The molecule has 0 fully saturated rings. The number of halogens is 2. The molecule has 0 aliphatic carbocycles. The lowest BCUT2D eigenvalue weighted by Crippen LogP contribution is -2.14. The number of benzene rings is 3. The van der Waals surface area contributed by atoms with Gasteiger partial charge in [0.2, 0.25) is 0 Å². The van der Waals surface area contributed by atoms with Gasteiger partial charge >= 0.3 is 6.61 Å². The lowest BCUT2D eigenvalue weighted by molar-refractivity contribution is -0.385. The summed E-state index contributed by atoms with van der Waals surface area (Å²) in [5.74, 6) is -0.884. The molecule has 0 saturated heterocycles. The highest BCUT2D eigenvalue weighted by Gasteiger charge is 2.22. The van der Waals surface area contributed by atoms with Crippen molar-refractivity contribution >= 4 is 23.4 Å². The fraction of sp³-hybridized carbons (Fsp3) is 0.0833. The number of anilines is 1. The van der Waals surface area contributed by atoms with Gasteiger partial charge in [-0.05, 0) is 36.4 Å². The lowest BCUT2D eigenvalue weighted by atomic mass is 10.1. The van der Waals surface area contributed by atoms with Crippen LogP contribution < -0.4 is 19.5 Å². The molecule has 0 aliphatic rings. The van der Waals surface area contributed by atoms with E-state index in [1.807, 2.05) is 6.07 Å². The van der Waals surface area contributed by atoms with E-state index >= 15 is 0 Å². The summed E-state index contributed by atoms with van der Waals surface area (Å²) in [5, 5.41) is 23.6. The molecule has 11 heteroatoms. The zero-order valence-electron chi connectivity index (χ0n) is 18.1. The average Bonchev–Trinajstić information content (AvgIpc) is 2.84. The number of amides is 1. The van der Waals surface area contributed by atoms with E-state index in [1.165, 1.54) is 0 Å². The van der Waals surface area contributed by atoms with Crippen LogP contribution in [0.4, 0.5) is 20.2 Å². The van der Waals surface area contributed by atoms with Crippen molar-refractivity contribution in [2.75, 3.05) is 12.4 Å². The van der Waals surface area contributed by atoms with Crippen molar-refractivity contribution in [3.05, 3.63) is 88.0 Å². The summed E-state index contributed by atoms with van der Waals surface area (Å²) in [5.41, 5.74) is -1.15. The maximum Gasteiger partial charge on any atom is 0.387 e. The molecule has 0 atom stereocenters. The van der Waals surface area contributed by atoms with E-state index in [9.17, 15) is 29.0 Å². The van der Waals surface area contributed by atoms with Gasteiger partial charge in [-0.2, -0.15) is 14.0 Å². The molecule has 1 amide bonds. The first-order chi connectivity index (χ1) is 16.8. The normalized spacial score (nSPS) is 10.9. The third kappa shape index (κ3) is 6.29. The number of para-hydroxylation sites is 3. The first-order valence-electron chi connectivity index (χ1n) is 9.88. The van der Waals surface area contributed by atoms with Gasteiger partial charge in [0.15, 0.2) is 17.2 Å². The number of nitro groups is 1. The van der Waals surface area contributed by atoms with E-state index in [1.54, 1.807) is 54.6 Å². The Morgan fingerprint density at radius 1 is 1.09 bits per heavy atom. The molecule has 0 aliphatic heterocycles. The number of ether oxygens (including phenoxy) is 3. The topological polar surface area (TPSA) is 124 Å². The lowest BCUT2D eigenvalue weighted by Gasteiger charge is -2.12. The van der Waals surface area contributed by atoms with Crippen LogP contribution in [0.5, 0.6) is 23.0 Å². The molecule has 0 spiro atoms. The highest BCUT2D eigenvalue weighted by atomic mass is 19.3. The predicted molar refractivity (Wildman–Crippen MR) is 121 cm³/mol. The van der Waals surface area contributed by atoms with Crippen molar-refractivity contribution < 1.29 is 32.7 Å². The number of nitro benzene ring substituents is 1. The minimum absolute atomic E-state index is 0.228. The summed E-state index contributed by atoms with van der Waals surface area (Å²) in [6.45, 7) is -3.25. The van der Waals surface area contributed by atoms with Gasteiger partial charge in [0.25, 0.3) is 11.6 Å². The van der Waals surface area contributed by atoms with Crippen molar-refractivity contribution in [2.45, 2.75) is 6.61 Å². The van der Waals surface area contributed by atoms with Gasteiger partial charge in [0.1, 0.15) is 17.4 Å². The molecule has 0 saturated carbocycles. The molecule has 35 heavy (non-hydrogen) atoms. The molecule has 0 bridgehead atoms. The van der Waals surface area contributed by atoms with Crippen LogP contribution in [-0.4, -0.2) is 24.6 Å². The monoisotopic (exact) mass is 481 g/mol. The van der Waals surface area contributed by atoms with Gasteiger partial charge in [-0.1, -0.05) is 30.3 Å². The molecule has 0 heterocycles. The number of nitriles is 1. The summed E-state index contributed by atoms with van der Waals surface area (Å²) in [7, 11) is 1.15. The third-order valence-corrected chi connectivity index (χ3v) is 4.50. The summed E-state index contributed by atoms with van der Waals surface area (Å²) in [6.07, 6.45) is 0.947. The van der Waals surface area contributed by atoms with Crippen LogP contribution in [0.3, 0.4) is 0 Å². The van der Waals surface area contributed by atoms with Gasteiger partial charge in [-0.25, -0.2) is 0 Å². The Kier molecular flexibility index (Phi) is 7.92. The fourth-order valence-electron chi connectivity index (χ4n) is 2.95. The summed E-state index contributed by atoms with van der Waals surface area (Å²) in [4.78, 5) is 23.5. The SMILES string of the molecule is COc1cc(/C=C(\C#N)C(=O)Nc2ccccc2Oc2ccccc2)c([N+](=O)[O-])cc1OC(F)F. The van der Waals surface area contributed by atoms with E-state index in [-0.39, 0.29) is 17.0 Å². The molecule has 0 unspecified atom stereocenters. The van der Waals surface area contributed by atoms with E-state index in [0.717, 1.165) is 25.3 Å². The Morgan fingerprint density at radius 2 is 1.77 bits per heavy atom. The van der Waals surface area contributed by atoms with Crippen LogP contribution in [-0.2, 0) is 4.79 Å². The van der Waals surface area contributed by atoms with Crippen molar-refractivity contribution in [3.63, 3.8) is 0 Å². The molecule has 1 N–H and O–H groups in total. The number of carbonyl (C=O) groups is 1. The minimum atomic E-state index is -3.25. The summed E-state index contributed by atoms with van der Waals surface area (Å²) in [6, 6.07) is 18.7. The Hall–Kier alpha value is -4.98. The second-order valence-electron chi connectivity index (χ2n) is 6.73. The molecule has 178 valence electrons. The van der Waals surface area contributed by atoms with Crippen molar-refractivity contribution in [1.82, 2.24) is 0 Å². The number of carbonyl (C=O) groups excluding carboxylic acids is 1. The quantitative estimate of drug-likeness (QED) is 0.184. The second kappa shape index (κ2) is 11.2. The van der Waals surface area contributed by atoms with Gasteiger partial charge in [-0.3, -0.25) is 14.9 Å². The number of nitrogens with zero attached hydrogens (tertiary/aromatic N) is 2. The van der Waals surface area contributed by atoms with E-state index in [4.69, 9.17) is 9.47 Å². The molecular formula is C24H17F2N3O6. The Balaban J connectivity index is 1.94. The predicted octanol–water partition coefficient (Wildman–Crippen LogP) is 5.54. The van der Waals surface area contributed by atoms with Crippen LogP contribution in [0, 0.1) is 21.4 Å². The second-order valence-corrected chi connectivity index (χ2v) is 6.73. The molecule has 0 radical (unpaired) electrons. The number of nitrogens with one attached hydrogen (secondary N) is 1. The van der Waals surface area contributed by atoms with E-state index in [0.29, 0.717) is 11.5 Å². The van der Waals surface area contributed by atoms with Gasteiger partial charge in [0.05, 0.1) is 29.4 Å². The number of hydrogen-bond donors (Lipinski definition) is 1. The molecule has 3 aromatic rings. The van der Waals surface area contributed by atoms with Crippen molar-refractivity contribution in [3.8, 4) is 29.1 Å². The van der Waals surface area contributed by atoms with Gasteiger partial charge in [-0.15, -0.1) is 0 Å². The largest absolute Gasteiger partial charge is 0.493 e. The first-order valence-corrected chi connectivity index (χ1v) is 9.88. The maximum absolute atomic E-state index is 12.8. The highest BCUT2D eigenvalue weighted by Crippen LogP contribution is 2.37. The zero-order valence-corrected chi connectivity index (χ0v) is 18.1. The van der Waals surface area contributed by atoms with Crippen molar-refractivity contribution in [2.24, 2.45) is 0 Å². The van der Waals surface area contributed by atoms with Crippen LogP contribution in [0.15, 0.2) is 72.3 Å². The molecular weight excluding hydrogens is 464 g/mol. The van der Waals surface area contributed by atoms with E-state index < -0.39 is 34.5 Å². The standard InChI is InChI=1S/C24H17F2N3O6/c1-33-21-12-15(19(29(31)32)13-22(21)35-24(25)26)11-16(14-27)23(30)28-18-9-5-6-10-20(18)34-17-7-3-2-4-8-17/h2-13,24H,1H3,(H,28,30)/b16-11+. The molecule has 3 rings (SSSR count). The summed E-state index contributed by atoms with van der Waals surface area (Å²) >= 11 is 0. The first kappa shape index (κ1) is 24.7. The Bertz CT molecular complexity index is 1310. The van der Waals surface area contributed by atoms with Crippen LogP contribution in [0.2, 0.25) is 0 Å². The summed E-state index contributed by atoms with van der Waals surface area (Å²) < 4.78 is 40.3. The van der Waals surface area contributed by atoms with E-state index in [2.05, 4.69) is 10.1 Å². The minimum Gasteiger partial charge on any atom is -0.493 e. The average molecular weight is 481 g/mol. The Labute approximate surface area is 197 Å². The molecule has 0 aromatic heterocycles. The van der Waals surface area contributed by atoms with Crippen LogP contribution >= 0.6 is 0 Å². The number of alkyl halides is 2. The number of hydrogen-bond acceptors (Lipinski definition) is 7. The zero-order chi connectivity index (χ0) is 25.4. The highest BCUT2D eigenvalue weighted by molar-refractivity contribution is 6.10. The van der Waals surface area contributed by atoms with Crippen LogP contribution in [0.1, 0.15) is 5.56 Å².